The molecular weight excluding hydrogens is 396 g/mol. The number of hydrogen-bond acceptors (Lipinski definition) is 7. The Bertz CT molecular complexity index is 1050. The second-order valence-corrected chi connectivity index (χ2v) is 6.36. The van der Waals surface area contributed by atoms with Crippen LogP contribution in [0.5, 0.6) is 0 Å². The van der Waals surface area contributed by atoms with Gasteiger partial charge in [0.25, 0.3) is 5.91 Å². The van der Waals surface area contributed by atoms with E-state index in [1.165, 1.54) is 0 Å². The molecule has 1 amide bonds. The summed E-state index contributed by atoms with van der Waals surface area (Å²) in [6.07, 6.45) is 0.675. The highest BCUT2D eigenvalue weighted by molar-refractivity contribution is 6.04. The third-order valence-electron chi connectivity index (χ3n) is 4.48. The Morgan fingerprint density at radius 2 is 1.81 bits per heavy atom. The van der Waals surface area contributed by atoms with Crippen molar-refractivity contribution in [3.63, 3.8) is 0 Å². The molecule has 10 heteroatoms. The zero-order valence-corrected chi connectivity index (χ0v) is 17.7. The van der Waals surface area contributed by atoms with E-state index in [9.17, 15) is 4.79 Å². The minimum absolute atomic E-state index is 0.106. The first-order chi connectivity index (χ1) is 15.1. The summed E-state index contributed by atoms with van der Waals surface area (Å²) in [5.74, 6) is 5.99. The molecule has 0 aliphatic carbocycles. The average molecular weight is 425 g/mol. The van der Waals surface area contributed by atoms with Crippen molar-refractivity contribution in [2.45, 2.75) is 6.42 Å². The summed E-state index contributed by atoms with van der Waals surface area (Å²) in [5, 5.41) is 23.7. The number of H-pyrrole nitrogens is 1. The summed E-state index contributed by atoms with van der Waals surface area (Å²) < 4.78 is 0. The lowest BCUT2D eigenvalue weighted by Crippen LogP contribution is -2.23. The van der Waals surface area contributed by atoms with Crippen LogP contribution in [0.15, 0.2) is 53.6 Å². The number of amidine groups is 1. The number of aromatic nitrogens is 2. The zero-order valence-electron chi connectivity index (χ0n) is 17.7. The molecule has 10 nitrogen and oxygen atoms in total. The number of rotatable bonds is 7. The van der Waals surface area contributed by atoms with Crippen LogP contribution < -0.4 is 27.7 Å². The number of carbonyl (C=O) groups excluding carboxylic acids is 1. The molecule has 0 aliphatic rings. The number of hydrazine groups is 1. The first-order valence-electron chi connectivity index (χ1n) is 9.47. The summed E-state index contributed by atoms with van der Waals surface area (Å²) >= 11 is 0. The highest BCUT2D eigenvalue weighted by Crippen LogP contribution is 2.30. The van der Waals surface area contributed by atoms with Crippen molar-refractivity contribution in [1.82, 2.24) is 21.0 Å². The van der Waals surface area contributed by atoms with Crippen molar-refractivity contribution < 1.29 is 9.90 Å². The smallest absolute Gasteiger partial charge is 0.251 e. The quantitative estimate of drug-likeness (QED) is 0.127. The third kappa shape index (κ3) is 5.59. The minimum atomic E-state index is -0.106. The molecule has 164 valence electrons. The maximum Gasteiger partial charge on any atom is 0.251 e. The molecule has 0 aliphatic heterocycles. The molecule has 1 aromatic heterocycles. The van der Waals surface area contributed by atoms with E-state index in [0.29, 0.717) is 23.5 Å². The number of anilines is 1. The lowest BCUT2D eigenvalue weighted by Gasteiger charge is -2.09. The fourth-order valence-electron chi connectivity index (χ4n) is 3.15. The van der Waals surface area contributed by atoms with Gasteiger partial charge in [-0.05, 0) is 35.2 Å². The van der Waals surface area contributed by atoms with Gasteiger partial charge in [0.15, 0.2) is 11.7 Å². The SMILES string of the molecule is CNC(=O)c1cccc(Cc2cccc(-c3c(NC)n[nH]c3/C(N)=N/NN)c2)c1.CO. The number of aliphatic hydroxyl groups excluding tert-OH is 1. The van der Waals surface area contributed by atoms with E-state index >= 15 is 0 Å². The lowest BCUT2D eigenvalue weighted by molar-refractivity contribution is 0.0963. The summed E-state index contributed by atoms with van der Waals surface area (Å²) in [5.41, 5.74) is 13.2. The Morgan fingerprint density at radius 1 is 1.13 bits per heavy atom. The van der Waals surface area contributed by atoms with Crippen molar-refractivity contribution in [3.8, 4) is 11.1 Å². The maximum atomic E-state index is 11.9. The number of nitrogens with one attached hydrogen (secondary N) is 4. The van der Waals surface area contributed by atoms with Gasteiger partial charge in [-0.15, -0.1) is 5.10 Å². The van der Waals surface area contributed by atoms with E-state index in [1.807, 2.05) is 36.4 Å². The Balaban J connectivity index is 0.00000166. The van der Waals surface area contributed by atoms with E-state index in [-0.39, 0.29) is 11.7 Å². The average Bonchev–Trinajstić information content (AvgIpc) is 3.25. The Hall–Kier alpha value is -3.89. The van der Waals surface area contributed by atoms with Crippen LogP contribution in [-0.2, 0) is 6.42 Å². The maximum absolute atomic E-state index is 11.9. The van der Waals surface area contributed by atoms with Gasteiger partial charge in [0.2, 0.25) is 0 Å². The number of carbonyl (C=O) groups is 1. The van der Waals surface area contributed by atoms with Gasteiger partial charge in [-0.3, -0.25) is 9.89 Å². The Kier molecular flexibility index (Phi) is 8.55. The van der Waals surface area contributed by atoms with Crippen LogP contribution in [0.4, 0.5) is 5.82 Å². The second kappa shape index (κ2) is 11.3. The van der Waals surface area contributed by atoms with Crippen LogP contribution in [0.25, 0.3) is 11.1 Å². The number of aliphatic hydroxyl groups is 1. The molecule has 0 atom stereocenters. The molecule has 2 aromatic carbocycles. The van der Waals surface area contributed by atoms with Crippen LogP contribution in [0.3, 0.4) is 0 Å². The molecule has 0 unspecified atom stereocenters. The van der Waals surface area contributed by atoms with Crippen LogP contribution in [-0.4, -0.2) is 48.3 Å². The van der Waals surface area contributed by atoms with Crippen LogP contribution >= 0.6 is 0 Å². The first kappa shape index (κ1) is 23.4. The van der Waals surface area contributed by atoms with E-state index < -0.39 is 0 Å². The summed E-state index contributed by atoms with van der Waals surface area (Å²) in [6.45, 7) is 0. The number of amides is 1. The zero-order chi connectivity index (χ0) is 22.8. The van der Waals surface area contributed by atoms with E-state index in [4.69, 9.17) is 16.7 Å². The molecular formula is C21H28N8O2. The molecule has 1 heterocycles. The minimum Gasteiger partial charge on any atom is -0.400 e. The molecule has 0 fully saturated rings. The second-order valence-electron chi connectivity index (χ2n) is 6.36. The van der Waals surface area contributed by atoms with Crippen molar-refractivity contribution in [1.29, 1.82) is 0 Å². The summed E-state index contributed by atoms with van der Waals surface area (Å²) in [6, 6.07) is 15.6. The van der Waals surface area contributed by atoms with Crippen molar-refractivity contribution >= 4 is 17.6 Å². The molecule has 0 saturated carbocycles. The molecule has 0 radical (unpaired) electrons. The molecule has 9 N–H and O–H groups in total. The normalized spacial score (nSPS) is 10.7. The molecule has 0 bridgehead atoms. The predicted octanol–water partition coefficient (Wildman–Crippen LogP) is 0.761. The van der Waals surface area contributed by atoms with Crippen LogP contribution in [0, 0.1) is 0 Å². The van der Waals surface area contributed by atoms with Crippen molar-refractivity contribution in [2.24, 2.45) is 16.7 Å². The highest BCUT2D eigenvalue weighted by atomic mass is 16.2. The number of hydrazone groups is 1. The van der Waals surface area contributed by atoms with Gasteiger partial charge < -0.3 is 21.5 Å². The molecule has 0 spiro atoms. The standard InChI is InChI=1S/C20H24N8O.CH4O/c1-23-19-16(17(25-27-19)18(21)26-28-22)14-7-3-5-12(10-14)9-13-6-4-8-15(11-13)20(29)24-2;1-2/h3-8,10-11,28H,9,22H2,1-2H3,(H2,21,26)(H,24,29)(H2,23,25,27);2H,1H3. The number of nitrogens with zero attached hydrogens (tertiary/aromatic N) is 2. The Labute approximate surface area is 180 Å². The van der Waals surface area contributed by atoms with Gasteiger partial charge in [0.1, 0.15) is 5.69 Å². The highest BCUT2D eigenvalue weighted by Gasteiger charge is 2.17. The van der Waals surface area contributed by atoms with E-state index in [2.05, 4.69) is 37.5 Å². The van der Waals surface area contributed by atoms with Crippen molar-refractivity contribution in [2.75, 3.05) is 26.5 Å². The van der Waals surface area contributed by atoms with E-state index in [0.717, 1.165) is 29.4 Å². The van der Waals surface area contributed by atoms with Crippen LogP contribution in [0.2, 0.25) is 0 Å². The molecule has 0 saturated heterocycles. The van der Waals surface area contributed by atoms with Gasteiger partial charge in [0, 0.05) is 26.8 Å². The predicted molar refractivity (Wildman–Crippen MR) is 122 cm³/mol. The summed E-state index contributed by atoms with van der Waals surface area (Å²) in [7, 11) is 4.40. The number of hydrogen-bond donors (Lipinski definition) is 7. The summed E-state index contributed by atoms with van der Waals surface area (Å²) in [4.78, 5) is 11.9. The topological polar surface area (TPSA) is 166 Å². The molecule has 31 heavy (non-hydrogen) atoms. The molecule has 3 rings (SSSR count). The number of aromatic amines is 1. The van der Waals surface area contributed by atoms with E-state index in [1.54, 1.807) is 20.2 Å². The fraction of sp³-hybridized carbons (Fsp3) is 0.190. The fourth-order valence-corrected chi connectivity index (χ4v) is 3.15. The van der Waals surface area contributed by atoms with Crippen LogP contribution in [0.1, 0.15) is 27.2 Å². The van der Waals surface area contributed by atoms with Gasteiger partial charge in [-0.2, -0.15) is 5.10 Å². The number of benzene rings is 2. The first-order valence-corrected chi connectivity index (χ1v) is 9.47. The van der Waals surface area contributed by atoms with Gasteiger partial charge in [-0.25, -0.2) is 11.4 Å². The van der Waals surface area contributed by atoms with Crippen molar-refractivity contribution in [3.05, 3.63) is 70.9 Å². The van der Waals surface area contributed by atoms with Gasteiger partial charge >= 0.3 is 0 Å². The largest absolute Gasteiger partial charge is 0.400 e. The third-order valence-corrected chi connectivity index (χ3v) is 4.48. The number of nitrogens with two attached hydrogens (primary N) is 2. The monoisotopic (exact) mass is 424 g/mol. The lowest BCUT2D eigenvalue weighted by atomic mass is 9.97. The Morgan fingerprint density at radius 3 is 2.45 bits per heavy atom. The van der Waals surface area contributed by atoms with Gasteiger partial charge in [0.05, 0.1) is 5.56 Å². The van der Waals surface area contributed by atoms with Gasteiger partial charge in [-0.1, -0.05) is 36.4 Å². The molecule has 3 aromatic rings.